The van der Waals surface area contributed by atoms with Crippen molar-refractivity contribution in [1.29, 1.82) is 0 Å². The van der Waals surface area contributed by atoms with E-state index in [4.69, 9.17) is 0 Å². The van der Waals surface area contributed by atoms with Crippen molar-refractivity contribution in [1.82, 2.24) is 5.32 Å². The van der Waals surface area contributed by atoms with Gasteiger partial charge in [-0.3, -0.25) is 0 Å². The third kappa shape index (κ3) is 5.49. The van der Waals surface area contributed by atoms with Crippen LogP contribution in [-0.4, -0.2) is 6.54 Å². The van der Waals surface area contributed by atoms with Gasteiger partial charge in [-0.1, -0.05) is 68.6 Å². The average molecular weight is 332 g/mol. The fraction of sp³-hybridized carbons (Fsp3) is 0.250. The van der Waals surface area contributed by atoms with Gasteiger partial charge in [0.25, 0.3) is 0 Å². The van der Waals surface area contributed by atoms with Gasteiger partial charge in [-0.25, -0.2) is 0 Å². The normalized spacial score (nSPS) is 11.2. The molecule has 0 fully saturated rings. The van der Waals surface area contributed by atoms with E-state index >= 15 is 0 Å². The minimum atomic E-state index is 0.880. The van der Waals surface area contributed by atoms with E-state index in [-0.39, 0.29) is 0 Å². The summed E-state index contributed by atoms with van der Waals surface area (Å²) in [5.74, 6) is 0. The molecule has 2 aromatic rings. The molecule has 0 spiro atoms. The van der Waals surface area contributed by atoms with Gasteiger partial charge in [0.2, 0.25) is 0 Å². The number of aryl methyl sites for hydroxylation is 2. The maximum absolute atomic E-state index is 4.24. The van der Waals surface area contributed by atoms with Gasteiger partial charge in [0.15, 0.2) is 0 Å². The van der Waals surface area contributed by atoms with Crippen molar-refractivity contribution in [2.45, 2.75) is 33.6 Å². The first-order valence-electron chi connectivity index (χ1n) is 8.95. The fourth-order valence-electron chi connectivity index (χ4n) is 2.79. The summed E-state index contributed by atoms with van der Waals surface area (Å²) in [6.45, 7) is 15.5. The smallest absolute Gasteiger partial charge is 0.0370 e. The van der Waals surface area contributed by atoms with Gasteiger partial charge in [0, 0.05) is 12.2 Å². The summed E-state index contributed by atoms with van der Waals surface area (Å²) in [7, 11) is 0. The quantitative estimate of drug-likeness (QED) is 0.597. The fourth-order valence-corrected chi connectivity index (χ4v) is 2.79. The summed E-state index contributed by atoms with van der Waals surface area (Å²) in [5.41, 5.74) is 8.24. The highest BCUT2D eigenvalue weighted by Gasteiger charge is 2.04. The SMILES string of the molecule is C=C(C)/C(=C\C(=C)c1ccccc1C)NCCc1ccc(CC)cc1. The number of hydrogen-bond donors (Lipinski definition) is 1. The van der Waals surface area contributed by atoms with Crippen LogP contribution in [0.1, 0.15) is 36.1 Å². The molecule has 0 aliphatic heterocycles. The maximum atomic E-state index is 4.24. The van der Waals surface area contributed by atoms with E-state index in [1.165, 1.54) is 22.3 Å². The molecule has 0 aliphatic rings. The zero-order valence-electron chi connectivity index (χ0n) is 15.7. The Balaban J connectivity index is 2.01. The molecule has 0 heterocycles. The summed E-state index contributed by atoms with van der Waals surface area (Å²) in [6, 6.07) is 17.2. The van der Waals surface area contributed by atoms with Crippen molar-refractivity contribution in [2.75, 3.05) is 6.54 Å². The Kier molecular flexibility index (Phi) is 6.82. The van der Waals surface area contributed by atoms with E-state index < -0.39 is 0 Å². The molecule has 1 nitrogen and oxygen atoms in total. The molecule has 0 aromatic heterocycles. The highest BCUT2D eigenvalue weighted by atomic mass is 14.9. The average Bonchev–Trinajstić information content (AvgIpc) is 2.61. The van der Waals surface area contributed by atoms with E-state index in [1.807, 2.05) is 6.92 Å². The first-order chi connectivity index (χ1) is 12.0. The van der Waals surface area contributed by atoms with Gasteiger partial charge < -0.3 is 5.32 Å². The zero-order valence-corrected chi connectivity index (χ0v) is 15.7. The maximum Gasteiger partial charge on any atom is 0.0370 e. The van der Waals surface area contributed by atoms with E-state index in [0.717, 1.165) is 36.2 Å². The Morgan fingerprint density at radius 3 is 2.24 bits per heavy atom. The van der Waals surface area contributed by atoms with Crippen molar-refractivity contribution < 1.29 is 0 Å². The third-order valence-corrected chi connectivity index (χ3v) is 4.43. The van der Waals surface area contributed by atoms with Gasteiger partial charge in [-0.15, -0.1) is 0 Å². The lowest BCUT2D eigenvalue weighted by atomic mass is 10.00. The molecular weight excluding hydrogens is 302 g/mol. The van der Waals surface area contributed by atoms with Gasteiger partial charge in [-0.05, 0) is 66.2 Å². The minimum absolute atomic E-state index is 0.880. The standard InChI is InChI=1S/C24H29N/c1-6-21-11-13-22(14-12-21)15-16-25-24(18(2)3)17-20(5)23-10-8-7-9-19(23)4/h7-14,17,25H,2,5-6,15-16H2,1,3-4H3/b24-17+. The second kappa shape index (κ2) is 9.08. The molecule has 0 aliphatic carbocycles. The Hall–Kier alpha value is -2.54. The molecule has 2 aromatic carbocycles. The number of rotatable bonds is 8. The van der Waals surface area contributed by atoms with Crippen LogP contribution in [0, 0.1) is 6.92 Å². The Labute approximate surface area is 152 Å². The molecule has 1 N–H and O–H groups in total. The second-order valence-corrected chi connectivity index (χ2v) is 6.53. The van der Waals surface area contributed by atoms with Crippen molar-refractivity contribution >= 4 is 5.57 Å². The molecule has 0 saturated heterocycles. The van der Waals surface area contributed by atoms with Gasteiger partial charge in [-0.2, -0.15) is 0 Å². The zero-order chi connectivity index (χ0) is 18.2. The number of benzene rings is 2. The number of nitrogens with one attached hydrogen (secondary N) is 1. The third-order valence-electron chi connectivity index (χ3n) is 4.43. The predicted molar refractivity (Wildman–Crippen MR) is 111 cm³/mol. The van der Waals surface area contributed by atoms with Crippen LogP contribution in [0.15, 0.2) is 79.0 Å². The highest BCUT2D eigenvalue weighted by Crippen LogP contribution is 2.20. The lowest BCUT2D eigenvalue weighted by molar-refractivity contribution is 0.795. The molecule has 0 radical (unpaired) electrons. The first kappa shape index (κ1) is 18.8. The van der Waals surface area contributed by atoms with Crippen LogP contribution in [-0.2, 0) is 12.8 Å². The summed E-state index contributed by atoms with van der Waals surface area (Å²) >= 11 is 0. The highest BCUT2D eigenvalue weighted by molar-refractivity contribution is 5.75. The summed E-state index contributed by atoms with van der Waals surface area (Å²) in [5, 5.41) is 3.52. The molecule has 1 heteroatoms. The van der Waals surface area contributed by atoms with Crippen LogP contribution in [0.25, 0.3) is 5.57 Å². The molecular formula is C24H29N. The molecule has 25 heavy (non-hydrogen) atoms. The molecule has 0 bridgehead atoms. The van der Waals surface area contributed by atoms with E-state index in [1.54, 1.807) is 0 Å². The molecule has 0 amide bonds. The largest absolute Gasteiger partial charge is 0.384 e. The molecule has 0 unspecified atom stereocenters. The van der Waals surface area contributed by atoms with Crippen molar-refractivity contribution in [2.24, 2.45) is 0 Å². The minimum Gasteiger partial charge on any atom is -0.384 e. The van der Waals surface area contributed by atoms with Crippen LogP contribution in [0.4, 0.5) is 0 Å². The van der Waals surface area contributed by atoms with Crippen LogP contribution in [0.3, 0.4) is 0 Å². The van der Waals surface area contributed by atoms with Crippen molar-refractivity contribution in [3.63, 3.8) is 0 Å². The molecule has 2 rings (SSSR count). The Bertz CT molecular complexity index is 763. The summed E-state index contributed by atoms with van der Waals surface area (Å²) in [4.78, 5) is 0. The number of allylic oxidation sites excluding steroid dienone is 3. The molecule has 130 valence electrons. The van der Waals surface area contributed by atoms with Crippen molar-refractivity contribution in [3.8, 4) is 0 Å². The predicted octanol–water partition coefficient (Wildman–Crippen LogP) is 5.86. The van der Waals surface area contributed by atoms with Crippen LogP contribution >= 0.6 is 0 Å². The van der Waals surface area contributed by atoms with Crippen LogP contribution in [0.5, 0.6) is 0 Å². The van der Waals surface area contributed by atoms with Gasteiger partial charge in [0.05, 0.1) is 0 Å². The lowest BCUT2D eigenvalue weighted by Crippen LogP contribution is -2.17. The molecule has 0 atom stereocenters. The van der Waals surface area contributed by atoms with Crippen molar-refractivity contribution in [3.05, 3.63) is 101 Å². The monoisotopic (exact) mass is 331 g/mol. The van der Waals surface area contributed by atoms with Gasteiger partial charge >= 0.3 is 0 Å². The van der Waals surface area contributed by atoms with Crippen LogP contribution in [0.2, 0.25) is 0 Å². The Morgan fingerprint density at radius 2 is 1.64 bits per heavy atom. The summed E-state index contributed by atoms with van der Waals surface area (Å²) < 4.78 is 0. The lowest BCUT2D eigenvalue weighted by Gasteiger charge is -2.13. The van der Waals surface area contributed by atoms with Gasteiger partial charge in [0.1, 0.15) is 0 Å². The Morgan fingerprint density at radius 1 is 1.00 bits per heavy atom. The van der Waals surface area contributed by atoms with Crippen LogP contribution < -0.4 is 5.32 Å². The van der Waals surface area contributed by atoms with E-state index in [0.29, 0.717) is 0 Å². The number of hydrogen-bond acceptors (Lipinski definition) is 1. The van der Waals surface area contributed by atoms with E-state index in [2.05, 4.69) is 86.9 Å². The molecule has 0 saturated carbocycles. The second-order valence-electron chi connectivity index (χ2n) is 6.53. The first-order valence-corrected chi connectivity index (χ1v) is 8.95. The summed E-state index contributed by atoms with van der Waals surface area (Å²) in [6.07, 6.45) is 4.18. The van der Waals surface area contributed by atoms with E-state index in [9.17, 15) is 0 Å². The topological polar surface area (TPSA) is 12.0 Å².